The largest absolute Gasteiger partial charge is 0.436 e. The van der Waals surface area contributed by atoms with Crippen molar-refractivity contribution in [2.75, 3.05) is 5.32 Å². The fourth-order valence-corrected chi connectivity index (χ4v) is 4.04. The topological polar surface area (TPSA) is 55.1 Å². The molecule has 0 aliphatic heterocycles. The van der Waals surface area contributed by atoms with Crippen molar-refractivity contribution in [2.24, 2.45) is 0 Å². The molecule has 152 valence electrons. The van der Waals surface area contributed by atoms with Gasteiger partial charge in [0.2, 0.25) is 5.89 Å². The smallest absolute Gasteiger partial charge is 0.256 e. The molecule has 6 heteroatoms. The Bertz CT molecular complexity index is 1240. The lowest BCUT2D eigenvalue weighted by atomic mass is 9.98. The third-order valence-corrected chi connectivity index (χ3v) is 6.44. The lowest BCUT2D eigenvalue weighted by Crippen LogP contribution is -2.13. The molecule has 0 saturated carbocycles. The Morgan fingerprint density at radius 3 is 2.73 bits per heavy atom. The van der Waals surface area contributed by atoms with Gasteiger partial charge in [0.1, 0.15) is 5.52 Å². The van der Waals surface area contributed by atoms with Crippen LogP contribution in [-0.4, -0.2) is 10.9 Å². The molecule has 4 nitrogen and oxygen atoms in total. The molecule has 4 rings (SSSR count). The molecule has 1 aromatic heterocycles. The van der Waals surface area contributed by atoms with Crippen molar-refractivity contribution in [1.29, 1.82) is 0 Å². The van der Waals surface area contributed by atoms with Crippen molar-refractivity contribution < 1.29 is 9.21 Å². The molecule has 0 aliphatic rings. The first-order chi connectivity index (χ1) is 14.5. The number of benzene rings is 3. The molecular weight excluding hydrogens is 511 g/mol. The zero-order chi connectivity index (χ0) is 21.3. The van der Waals surface area contributed by atoms with Gasteiger partial charge in [-0.25, -0.2) is 4.98 Å². The van der Waals surface area contributed by atoms with Gasteiger partial charge in [0, 0.05) is 9.26 Å². The van der Waals surface area contributed by atoms with E-state index in [1.165, 1.54) is 5.56 Å². The summed E-state index contributed by atoms with van der Waals surface area (Å²) in [5.74, 6) is 0.711. The second-order valence-corrected chi connectivity index (χ2v) is 8.75. The van der Waals surface area contributed by atoms with Crippen molar-refractivity contribution in [3.05, 3.63) is 80.4 Å². The zero-order valence-electron chi connectivity index (χ0n) is 16.6. The van der Waals surface area contributed by atoms with Crippen LogP contribution in [0.25, 0.3) is 22.6 Å². The molecule has 0 fully saturated rings. The van der Waals surface area contributed by atoms with Crippen LogP contribution in [0, 0.1) is 3.57 Å². The van der Waals surface area contributed by atoms with Crippen molar-refractivity contribution in [2.45, 2.75) is 26.2 Å². The highest BCUT2D eigenvalue weighted by molar-refractivity contribution is 14.1. The van der Waals surface area contributed by atoms with E-state index in [0.29, 0.717) is 39.2 Å². The Morgan fingerprint density at radius 1 is 1.17 bits per heavy atom. The molecule has 0 aliphatic carbocycles. The average molecular weight is 531 g/mol. The van der Waals surface area contributed by atoms with Crippen LogP contribution in [0.3, 0.4) is 0 Å². The minimum absolute atomic E-state index is 0.177. The van der Waals surface area contributed by atoms with Gasteiger partial charge in [-0.1, -0.05) is 43.6 Å². The van der Waals surface area contributed by atoms with E-state index < -0.39 is 0 Å². The Labute approximate surface area is 193 Å². The van der Waals surface area contributed by atoms with Crippen LogP contribution in [0.15, 0.2) is 65.1 Å². The van der Waals surface area contributed by atoms with Crippen LogP contribution < -0.4 is 5.32 Å². The van der Waals surface area contributed by atoms with Crippen LogP contribution in [-0.2, 0) is 0 Å². The summed E-state index contributed by atoms with van der Waals surface area (Å²) in [4.78, 5) is 17.3. The van der Waals surface area contributed by atoms with E-state index in [0.717, 1.165) is 15.5 Å². The number of aromatic nitrogens is 1. The summed E-state index contributed by atoms with van der Waals surface area (Å²) < 4.78 is 6.84. The molecule has 1 unspecified atom stereocenters. The summed E-state index contributed by atoms with van der Waals surface area (Å²) in [6.07, 6.45) is 1.06. The Morgan fingerprint density at radius 2 is 1.97 bits per heavy atom. The number of hydrogen-bond donors (Lipinski definition) is 1. The van der Waals surface area contributed by atoms with E-state index in [4.69, 9.17) is 16.0 Å². The number of fused-ring (bicyclic) bond motifs is 1. The van der Waals surface area contributed by atoms with Crippen LogP contribution >= 0.6 is 34.2 Å². The number of nitrogens with zero attached hydrogens (tertiary/aromatic N) is 1. The summed E-state index contributed by atoms with van der Waals surface area (Å²) >= 11 is 8.58. The lowest BCUT2D eigenvalue weighted by molar-refractivity contribution is 0.102. The van der Waals surface area contributed by atoms with Crippen molar-refractivity contribution in [3.63, 3.8) is 0 Å². The first kappa shape index (κ1) is 20.9. The summed E-state index contributed by atoms with van der Waals surface area (Å²) in [5, 5.41) is 3.44. The second-order valence-electron chi connectivity index (χ2n) is 7.18. The maximum Gasteiger partial charge on any atom is 0.256 e. The zero-order valence-corrected chi connectivity index (χ0v) is 19.5. The predicted octanol–water partition coefficient (Wildman–Crippen LogP) is 7.52. The fourth-order valence-electron chi connectivity index (χ4n) is 3.21. The number of hydrogen-bond acceptors (Lipinski definition) is 3. The molecule has 0 saturated heterocycles. The van der Waals surface area contributed by atoms with Crippen LogP contribution in [0.2, 0.25) is 5.02 Å². The summed E-state index contributed by atoms with van der Waals surface area (Å²) in [6.45, 7) is 4.36. The van der Waals surface area contributed by atoms with E-state index in [1.807, 2.05) is 24.3 Å². The molecule has 1 heterocycles. The van der Waals surface area contributed by atoms with E-state index in [-0.39, 0.29) is 5.91 Å². The van der Waals surface area contributed by atoms with Gasteiger partial charge in [0.15, 0.2) is 5.58 Å². The number of carbonyl (C=O) groups is 1. The van der Waals surface area contributed by atoms with Crippen LogP contribution in [0.1, 0.15) is 42.1 Å². The molecule has 0 spiro atoms. The number of nitrogens with one attached hydrogen (secondary N) is 1. The molecule has 1 amide bonds. The molecule has 3 aromatic carbocycles. The minimum atomic E-state index is -0.177. The highest BCUT2D eigenvalue weighted by Crippen LogP contribution is 2.33. The standard InChI is InChI=1S/C24H20ClIN2O2/c1-3-14(2)15-8-11-22-21(12-15)28-24(30-22)18-13-16(9-10-19(18)25)27-23(29)17-6-4-5-7-20(17)26/h4-14H,3H2,1-2H3,(H,27,29). The molecule has 0 radical (unpaired) electrons. The normalized spacial score (nSPS) is 12.1. The van der Waals surface area contributed by atoms with Crippen LogP contribution in [0.4, 0.5) is 5.69 Å². The number of anilines is 1. The van der Waals surface area contributed by atoms with Gasteiger partial charge >= 0.3 is 0 Å². The van der Waals surface area contributed by atoms with Gasteiger partial charge in [-0.05, 0) is 83.0 Å². The Kier molecular flexibility index (Phi) is 6.11. The van der Waals surface area contributed by atoms with Gasteiger partial charge in [0.25, 0.3) is 5.91 Å². The quantitative estimate of drug-likeness (QED) is 0.272. The molecule has 4 aromatic rings. The maximum atomic E-state index is 12.7. The van der Waals surface area contributed by atoms with Gasteiger partial charge in [-0.3, -0.25) is 4.79 Å². The molecule has 1 atom stereocenters. The number of carbonyl (C=O) groups excluding carboxylic acids is 1. The predicted molar refractivity (Wildman–Crippen MR) is 130 cm³/mol. The van der Waals surface area contributed by atoms with E-state index in [2.05, 4.69) is 58.9 Å². The molecular formula is C24H20ClIN2O2. The summed E-state index contributed by atoms with van der Waals surface area (Å²) in [7, 11) is 0. The number of oxazole rings is 1. The highest BCUT2D eigenvalue weighted by Gasteiger charge is 2.16. The van der Waals surface area contributed by atoms with Crippen molar-refractivity contribution >= 4 is 56.9 Å². The highest BCUT2D eigenvalue weighted by atomic mass is 127. The fraction of sp³-hybridized carbons (Fsp3) is 0.167. The van der Waals surface area contributed by atoms with Crippen molar-refractivity contribution in [1.82, 2.24) is 4.98 Å². The third kappa shape index (κ3) is 4.23. The SMILES string of the molecule is CCC(C)c1ccc2oc(-c3cc(NC(=O)c4ccccc4I)ccc3Cl)nc2c1. The first-order valence-electron chi connectivity index (χ1n) is 9.72. The summed E-state index contributed by atoms with van der Waals surface area (Å²) in [6, 6.07) is 18.8. The third-order valence-electron chi connectivity index (χ3n) is 5.17. The van der Waals surface area contributed by atoms with E-state index >= 15 is 0 Å². The molecule has 0 bridgehead atoms. The second kappa shape index (κ2) is 8.78. The number of halogens is 2. The lowest BCUT2D eigenvalue weighted by Gasteiger charge is -2.08. The summed E-state index contributed by atoms with van der Waals surface area (Å²) in [5.41, 5.74) is 4.62. The van der Waals surface area contributed by atoms with Crippen LogP contribution in [0.5, 0.6) is 0 Å². The first-order valence-corrected chi connectivity index (χ1v) is 11.2. The van der Waals surface area contributed by atoms with Gasteiger partial charge in [-0.2, -0.15) is 0 Å². The molecule has 1 N–H and O–H groups in total. The van der Waals surface area contributed by atoms with Gasteiger partial charge in [0.05, 0.1) is 16.1 Å². The van der Waals surface area contributed by atoms with Crippen molar-refractivity contribution in [3.8, 4) is 11.5 Å². The van der Waals surface area contributed by atoms with Gasteiger partial charge < -0.3 is 9.73 Å². The van der Waals surface area contributed by atoms with E-state index in [1.54, 1.807) is 24.3 Å². The average Bonchev–Trinajstić information content (AvgIpc) is 3.17. The Balaban J connectivity index is 1.66. The Hall–Kier alpha value is -2.38. The number of amides is 1. The number of rotatable bonds is 5. The van der Waals surface area contributed by atoms with Gasteiger partial charge in [-0.15, -0.1) is 0 Å². The molecule has 30 heavy (non-hydrogen) atoms. The minimum Gasteiger partial charge on any atom is -0.436 e. The maximum absolute atomic E-state index is 12.7. The van der Waals surface area contributed by atoms with E-state index in [9.17, 15) is 4.79 Å². The monoisotopic (exact) mass is 530 g/mol.